The monoisotopic (exact) mass is 510 g/mol. The van der Waals surface area contributed by atoms with E-state index in [2.05, 4.69) is 129 Å². The minimum Gasteiger partial charge on any atom is -0.309 e. The molecule has 0 saturated heterocycles. The van der Waals surface area contributed by atoms with Gasteiger partial charge in [-0.2, -0.15) is 5.26 Å². The molecule has 0 aliphatic rings. The first kappa shape index (κ1) is 22.3. The van der Waals surface area contributed by atoms with Crippen LogP contribution in [-0.2, 0) is 0 Å². The SMILES string of the molecule is N#Cc1ccc2c(c1)c1ccccc1n2-c1cccc(-c2cccc(-n3c4ccccc4c4ccncc43)c2)c1. The molecule has 0 amide bonds. The predicted molar refractivity (Wildman–Crippen MR) is 163 cm³/mol. The van der Waals surface area contributed by atoms with Gasteiger partial charge < -0.3 is 9.13 Å². The van der Waals surface area contributed by atoms with Crippen LogP contribution < -0.4 is 0 Å². The van der Waals surface area contributed by atoms with Gasteiger partial charge >= 0.3 is 0 Å². The number of nitrogens with zero attached hydrogens (tertiary/aromatic N) is 4. The normalized spacial score (nSPS) is 11.5. The number of pyridine rings is 1. The molecule has 0 fully saturated rings. The van der Waals surface area contributed by atoms with Crippen molar-refractivity contribution in [1.82, 2.24) is 14.1 Å². The first-order chi connectivity index (χ1) is 19.8. The fourth-order valence-corrected chi connectivity index (χ4v) is 6.07. The van der Waals surface area contributed by atoms with Gasteiger partial charge in [0.15, 0.2) is 0 Å². The van der Waals surface area contributed by atoms with E-state index in [0.717, 1.165) is 49.8 Å². The molecule has 8 rings (SSSR count). The number of rotatable bonds is 3. The molecule has 3 aromatic heterocycles. The highest BCUT2D eigenvalue weighted by atomic mass is 15.0. The summed E-state index contributed by atoms with van der Waals surface area (Å²) in [5, 5.41) is 14.1. The molecule has 40 heavy (non-hydrogen) atoms. The second kappa shape index (κ2) is 8.69. The van der Waals surface area contributed by atoms with E-state index in [1.54, 1.807) is 0 Å². The molecule has 3 heterocycles. The van der Waals surface area contributed by atoms with Crippen molar-refractivity contribution in [3.63, 3.8) is 0 Å². The van der Waals surface area contributed by atoms with Crippen molar-refractivity contribution >= 4 is 43.6 Å². The van der Waals surface area contributed by atoms with Crippen LogP contribution in [0.25, 0.3) is 66.1 Å². The average molecular weight is 511 g/mol. The van der Waals surface area contributed by atoms with E-state index in [9.17, 15) is 5.26 Å². The fourth-order valence-electron chi connectivity index (χ4n) is 6.07. The van der Waals surface area contributed by atoms with Gasteiger partial charge in [0, 0.05) is 39.1 Å². The molecule has 186 valence electrons. The maximum Gasteiger partial charge on any atom is 0.0991 e. The summed E-state index contributed by atoms with van der Waals surface area (Å²) >= 11 is 0. The highest BCUT2D eigenvalue weighted by Gasteiger charge is 2.15. The van der Waals surface area contributed by atoms with Crippen molar-refractivity contribution < 1.29 is 0 Å². The Kier molecular flexibility index (Phi) is 4.85. The van der Waals surface area contributed by atoms with Crippen LogP contribution in [0.5, 0.6) is 0 Å². The van der Waals surface area contributed by atoms with Gasteiger partial charge in [-0.25, -0.2) is 0 Å². The Morgan fingerprint density at radius 2 is 1.07 bits per heavy atom. The second-order valence-corrected chi connectivity index (χ2v) is 10.0. The summed E-state index contributed by atoms with van der Waals surface area (Å²) in [5.74, 6) is 0. The molecule has 0 aliphatic heterocycles. The van der Waals surface area contributed by atoms with Crippen LogP contribution in [-0.4, -0.2) is 14.1 Å². The number of fused-ring (bicyclic) bond motifs is 6. The molecule has 4 heteroatoms. The molecule has 5 aromatic carbocycles. The van der Waals surface area contributed by atoms with E-state index in [1.807, 2.05) is 24.5 Å². The van der Waals surface area contributed by atoms with Crippen molar-refractivity contribution in [3.05, 3.63) is 139 Å². The van der Waals surface area contributed by atoms with Gasteiger partial charge in [-0.15, -0.1) is 0 Å². The highest BCUT2D eigenvalue weighted by molar-refractivity contribution is 6.10. The van der Waals surface area contributed by atoms with Crippen LogP contribution >= 0.6 is 0 Å². The quantitative estimate of drug-likeness (QED) is 0.238. The highest BCUT2D eigenvalue weighted by Crippen LogP contribution is 2.35. The number of benzene rings is 5. The van der Waals surface area contributed by atoms with Gasteiger partial charge in [0.2, 0.25) is 0 Å². The third-order valence-corrected chi connectivity index (χ3v) is 7.82. The zero-order valence-electron chi connectivity index (χ0n) is 21.5. The lowest BCUT2D eigenvalue weighted by Crippen LogP contribution is -1.96. The smallest absolute Gasteiger partial charge is 0.0991 e. The number of aromatic nitrogens is 3. The lowest BCUT2D eigenvalue weighted by molar-refractivity contribution is 1.16. The number of hydrogen-bond donors (Lipinski definition) is 0. The van der Waals surface area contributed by atoms with Crippen molar-refractivity contribution in [2.24, 2.45) is 0 Å². The molecular weight excluding hydrogens is 488 g/mol. The number of nitriles is 1. The van der Waals surface area contributed by atoms with Crippen LogP contribution in [0.15, 0.2) is 134 Å². The molecule has 0 atom stereocenters. The average Bonchev–Trinajstić information content (AvgIpc) is 3.54. The number of para-hydroxylation sites is 2. The fraction of sp³-hybridized carbons (Fsp3) is 0. The third kappa shape index (κ3) is 3.28. The van der Waals surface area contributed by atoms with Crippen LogP contribution in [0.1, 0.15) is 5.56 Å². The Hall–Kier alpha value is -5.66. The van der Waals surface area contributed by atoms with Gasteiger partial charge in [0.05, 0.1) is 39.9 Å². The summed E-state index contributed by atoms with van der Waals surface area (Å²) in [6.45, 7) is 0. The van der Waals surface area contributed by atoms with Gasteiger partial charge in [-0.05, 0) is 71.8 Å². The zero-order chi connectivity index (χ0) is 26.6. The predicted octanol–water partition coefficient (Wildman–Crippen LogP) is 8.81. The summed E-state index contributed by atoms with van der Waals surface area (Å²) in [7, 11) is 0. The summed E-state index contributed by atoms with van der Waals surface area (Å²) in [4.78, 5) is 4.43. The summed E-state index contributed by atoms with van der Waals surface area (Å²) < 4.78 is 4.59. The van der Waals surface area contributed by atoms with Gasteiger partial charge in [0.1, 0.15) is 0 Å². The Morgan fingerprint density at radius 1 is 0.500 bits per heavy atom. The summed E-state index contributed by atoms with van der Waals surface area (Å²) in [6, 6.07) is 44.6. The minimum absolute atomic E-state index is 0.668. The maximum atomic E-state index is 9.50. The summed E-state index contributed by atoms with van der Waals surface area (Å²) in [6.07, 6.45) is 3.80. The Bertz CT molecular complexity index is 2240. The van der Waals surface area contributed by atoms with E-state index in [1.165, 1.54) is 16.3 Å². The lowest BCUT2D eigenvalue weighted by atomic mass is 10.0. The molecular formula is C36H22N4. The van der Waals surface area contributed by atoms with Gasteiger partial charge in [-0.1, -0.05) is 60.7 Å². The van der Waals surface area contributed by atoms with Gasteiger partial charge in [-0.3, -0.25) is 4.98 Å². The van der Waals surface area contributed by atoms with E-state index >= 15 is 0 Å². The molecule has 0 aliphatic carbocycles. The molecule has 0 radical (unpaired) electrons. The van der Waals surface area contributed by atoms with Crippen LogP contribution in [0.3, 0.4) is 0 Å². The van der Waals surface area contributed by atoms with E-state index < -0.39 is 0 Å². The Balaban J connectivity index is 1.31. The van der Waals surface area contributed by atoms with Gasteiger partial charge in [0.25, 0.3) is 0 Å². The first-order valence-electron chi connectivity index (χ1n) is 13.3. The third-order valence-electron chi connectivity index (χ3n) is 7.82. The largest absolute Gasteiger partial charge is 0.309 e. The van der Waals surface area contributed by atoms with Crippen LogP contribution in [0.4, 0.5) is 0 Å². The molecule has 8 aromatic rings. The van der Waals surface area contributed by atoms with Crippen molar-refractivity contribution in [1.29, 1.82) is 5.26 Å². The van der Waals surface area contributed by atoms with Crippen molar-refractivity contribution in [2.75, 3.05) is 0 Å². The second-order valence-electron chi connectivity index (χ2n) is 10.0. The minimum atomic E-state index is 0.668. The maximum absolute atomic E-state index is 9.50. The molecule has 0 spiro atoms. The van der Waals surface area contributed by atoms with Crippen molar-refractivity contribution in [3.8, 4) is 28.6 Å². The van der Waals surface area contributed by atoms with E-state index in [0.29, 0.717) is 5.56 Å². The Labute approximate surface area is 230 Å². The lowest BCUT2D eigenvalue weighted by Gasteiger charge is -2.12. The van der Waals surface area contributed by atoms with Crippen LogP contribution in [0, 0.1) is 11.3 Å². The molecule has 0 bridgehead atoms. The van der Waals surface area contributed by atoms with Crippen molar-refractivity contribution in [2.45, 2.75) is 0 Å². The molecule has 4 nitrogen and oxygen atoms in total. The molecule has 0 saturated carbocycles. The molecule has 0 N–H and O–H groups in total. The number of hydrogen-bond acceptors (Lipinski definition) is 2. The van der Waals surface area contributed by atoms with E-state index in [4.69, 9.17) is 0 Å². The topological polar surface area (TPSA) is 46.5 Å². The molecule has 0 unspecified atom stereocenters. The zero-order valence-corrected chi connectivity index (χ0v) is 21.5. The standard InChI is InChI=1S/C36H22N4/c37-22-24-15-16-35-32(19-24)30-12-2-4-14-34(30)39(35)27-9-5-7-25(20-27)26-8-6-10-28(21-26)40-33-13-3-1-11-29(33)31-17-18-38-23-36(31)40/h1-21,23H. The summed E-state index contributed by atoms with van der Waals surface area (Å²) in [5.41, 5.74) is 9.60. The van der Waals surface area contributed by atoms with Crippen LogP contribution in [0.2, 0.25) is 0 Å². The first-order valence-corrected chi connectivity index (χ1v) is 13.3. The Morgan fingerprint density at radius 3 is 1.75 bits per heavy atom. The van der Waals surface area contributed by atoms with E-state index in [-0.39, 0.29) is 0 Å².